The smallest absolute Gasteiger partial charge is 0.338 e. The summed E-state index contributed by atoms with van der Waals surface area (Å²) in [5.41, 5.74) is 2.53. The lowest BCUT2D eigenvalue weighted by Crippen LogP contribution is -2.44. The van der Waals surface area contributed by atoms with Gasteiger partial charge in [-0.2, -0.15) is 5.26 Å². The number of fused-ring (bicyclic) bond motifs is 1. The zero-order valence-corrected chi connectivity index (χ0v) is 16.1. The van der Waals surface area contributed by atoms with Crippen molar-refractivity contribution >= 4 is 11.7 Å². The fourth-order valence-electron chi connectivity index (χ4n) is 3.83. The monoisotopic (exact) mass is 380 g/mol. The van der Waals surface area contributed by atoms with E-state index in [9.17, 15) is 14.4 Å². The molecule has 0 radical (unpaired) electrons. The number of methoxy groups -OCH3 is 1. The summed E-state index contributed by atoms with van der Waals surface area (Å²) in [6, 6.07) is 6.34. The number of esters is 1. The maximum Gasteiger partial charge on any atom is 0.338 e. The number of carbonyl (C=O) groups excluding carboxylic acids is 1. The van der Waals surface area contributed by atoms with Gasteiger partial charge in [0, 0.05) is 17.3 Å². The summed E-state index contributed by atoms with van der Waals surface area (Å²) in [6.45, 7) is 4.49. The van der Waals surface area contributed by atoms with E-state index >= 15 is 0 Å². The van der Waals surface area contributed by atoms with Crippen molar-refractivity contribution in [3.63, 3.8) is 0 Å². The predicted octanol–water partition coefficient (Wildman–Crippen LogP) is 3.12. The van der Waals surface area contributed by atoms with Crippen LogP contribution < -0.4 is 0 Å². The Kier molecular flexibility index (Phi) is 4.52. The number of aliphatic imine (C=N–C) groups is 1. The molecule has 0 bridgehead atoms. The van der Waals surface area contributed by atoms with Crippen LogP contribution in [-0.4, -0.2) is 41.4 Å². The number of hydrazine groups is 1. The molecule has 144 valence electrons. The minimum absolute atomic E-state index is 0.265. The molecule has 1 aliphatic carbocycles. The summed E-state index contributed by atoms with van der Waals surface area (Å²) in [5, 5.41) is 13.5. The summed E-state index contributed by atoms with van der Waals surface area (Å²) >= 11 is 0. The summed E-state index contributed by atoms with van der Waals surface area (Å²) in [6.07, 6.45) is 4.19. The molecule has 6 nitrogen and oxygen atoms in total. The van der Waals surface area contributed by atoms with Crippen molar-refractivity contribution in [2.45, 2.75) is 32.7 Å². The van der Waals surface area contributed by atoms with Crippen molar-refractivity contribution < 1.29 is 13.9 Å². The van der Waals surface area contributed by atoms with Crippen LogP contribution in [0.2, 0.25) is 0 Å². The molecule has 28 heavy (non-hydrogen) atoms. The Morgan fingerprint density at radius 1 is 1.43 bits per heavy atom. The minimum atomic E-state index is -0.442. The van der Waals surface area contributed by atoms with Crippen LogP contribution >= 0.6 is 0 Å². The quantitative estimate of drug-likeness (QED) is 0.751. The number of hydrogen-bond donors (Lipinski definition) is 0. The van der Waals surface area contributed by atoms with Gasteiger partial charge in [-0.15, -0.1) is 0 Å². The maximum absolute atomic E-state index is 13.8. The van der Waals surface area contributed by atoms with Crippen LogP contribution in [0.4, 0.5) is 4.39 Å². The third-order valence-corrected chi connectivity index (χ3v) is 5.54. The number of halogens is 1. The van der Waals surface area contributed by atoms with Gasteiger partial charge < -0.3 is 4.74 Å². The van der Waals surface area contributed by atoms with Crippen LogP contribution in [0.3, 0.4) is 0 Å². The molecule has 2 aliphatic heterocycles. The van der Waals surface area contributed by atoms with Crippen LogP contribution in [0.15, 0.2) is 46.4 Å². The lowest BCUT2D eigenvalue weighted by atomic mass is 10.0. The van der Waals surface area contributed by atoms with Crippen molar-refractivity contribution in [2.75, 3.05) is 13.7 Å². The Morgan fingerprint density at radius 2 is 2.18 bits per heavy atom. The van der Waals surface area contributed by atoms with Crippen LogP contribution in [-0.2, 0) is 9.53 Å². The minimum Gasteiger partial charge on any atom is -0.466 e. The lowest BCUT2D eigenvalue weighted by Gasteiger charge is -2.37. The first-order valence-electron chi connectivity index (χ1n) is 9.29. The molecule has 1 aromatic carbocycles. The second-order valence-electron chi connectivity index (χ2n) is 7.37. The molecule has 1 fully saturated rings. The molecule has 1 unspecified atom stereocenters. The number of hydrogen-bond acceptors (Lipinski definition) is 6. The van der Waals surface area contributed by atoms with Crippen LogP contribution in [0.25, 0.3) is 0 Å². The largest absolute Gasteiger partial charge is 0.466 e. The topological polar surface area (TPSA) is 68.9 Å². The molecule has 0 amide bonds. The molecule has 4 rings (SSSR count). The van der Waals surface area contributed by atoms with Gasteiger partial charge in [0.1, 0.15) is 5.82 Å². The number of carbonyl (C=O) groups is 1. The molecule has 0 spiro atoms. The molecular weight excluding hydrogens is 359 g/mol. The first-order valence-corrected chi connectivity index (χ1v) is 9.29. The van der Waals surface area contributed by atoms with E-state index < -0.39 is 11.8 Å². The molecule has 7 heteroatoms. The lowest BCUT2D eigenvalue weighted by molar-refractivity contribution is -0.136. The molecular formula is C21H21FN4O2. The van der Waals surface area contributed by atoms with E-state index in [1.165, 1.54) is 38.2 Å². The highest BCUT2D eigenvalue weighted by molar-refractivity contribution is 6.12. The summed E-state index contributed by atoms with van der Waals surface area (Å²) < 4.78 is 18.8. The van der Waals surface area contributed by atoms with Crippen molar-refractivity contribution in [3.05, 3.63) is 58.3 Å². The molecule has 2 heterocycles. The van der Waals surface area contributed by atoms with Crippen molar-refractivity contribution in [1.29, 1.82) is 5.26 Å². The van der Waals surface area contributed by atoms with Gasteiger partial charge in [0.05, 0.1) is 36.6 Å². The van der Waals surface area contributed by atoms with E-state index in [0.29, 0.717) is 40.7 Å². The van der Waals surface area contributed by atoms with Crippen molar-refractivity contribution in [2.24, 2.45) is 10.9 Å². The Balaban J connectivity index is 1.82. The van der Waals surface area contributed by atoms with E-state index in [0.717, 1.165) is 5.70 Å². The summed E-state index contributed by atoms with van der Waals surface area (Å²) in [7, 11) is 1.35. The molecule has 0 aromatic heterocycles. The number of benzene rings is 1. The summed E-state index contributed by atoms with van der Waals surface area (Å²) in [5.74, 6) is 0.220. The van der Waals surface area contributed by atoms with Gasteiger partial charge in [-0.1, -0.05) is 0 Å². The number of ether oxygens (including phenoxy) is 1. The van der Waals surface area contributed by atoms with Gasteiger partial charge in [-0.25, -0.2) is 19.2 Å². The van der Waals surface area contributed by atoms with E-state index in [4.69, 9.17) is 4.74 Å². The average Bonchev–Trinajstić information content (AvgIpc) is 3.47. The Hall–Kier alpha value is -2.98. The third kappa shape index (κ3) is 3.00. The first kappa shape index (κ1) is 18.4. The van der Waals surface area contributed by atoms with Crippen LogP contribution in [0.1, 0.15) is 37.8 Å². The fourth-order valence-corrected chi connectivity index (χ4v) is 3.83. The molecule has 3 aliphatic rings. The van der Waals surface area contributed by atoms with Gasteiger partial charge in [0.15, 0.2) is 5.82 Å². The standard InChI is InChI=1S/C21H21FN4O2/c1-12-8-19(17-9-16(22)7-6-15(17)10-23)24-20-18(21(27)28-3)11-25(26(12)20)13(2)14-4-5-14/h6-9,13-14H,4-5,11H2,1-3H3. The highest BCUT2D eigenvalue weighted by atomic mass is 19.1. The normalized spacial score (nSPS) is 20.3. The van der Waals surface area contributed by atoms with Crippen molar-refractivity contribution in [3.8, 4) is 6.07 Å². The fraction of sp³-hybridized carbons (Fsp3) is 0.381. The van der Waals surface area contributed by atoms with E-state index in [2.05, 4.69) is 23.0 Å². The molecule has 1 aromatic rings. The number of nitriles is 1. The highest BCUT2D eigenvalue weighted by Gasteiger charge is 2.43. The Bertz CT molecular complexity index is 985. The molecule has 0 saturated heterocycles. The van der Waals surface area contributed by atoms with Gasteiger partial charge >= 0.3 is 5.97 Å². The highest BCUT2D eigenvalue weighted by Crippen LogP contribution is 2.41. The number of rotatable bonds is 4. The average molecular weight is 380 g/mol. The van der Waals surface area contributed by atoms with Gasteiger partial charge in [-0.05, 0) is 56.9 Å². The van der Waals surface area contributed by atoms with E-state index in [1.807, 2.05) is 18.0 Å². The van der Waals surface area contributed by atoms with Gasteiger partial charge in [0.25, 0.3) is 0 Å². The maximum atomic E-state index is 13.8. The Labute approximate surface area is 163 Å². The predicted molar refractivity (Wildman–Crippen MR) is 101 cm³/mol. The second-order valence-corrected chi connectivity index (χ2v) is 7.37. The first-order chi connectivity index (χ1) is 13.4. The molecule has 1 atom stereocenters. The summed E-state index contributed by atoms with van der Waals surface area (Å²) in [4.78, 5) is 17.1. The molecule has 0 N–H and O–H groups in total. The SMILES string of the molecule is COC(=O)C1=C2N=C(c3cc(F)ccc3C#N)C=C(C)N2N(C(C)C2CC2)C1. The van der Waals surface area contributed by atoms with E-state index in [1.54, 1.807) is 0 Å². The molecule has 1 saturated carbocycles. The zero-order chi connectivity index (χ0) is 20.0. The van der Waals surface area contributed by atoms with Crippen LogP contribution in [0, 0.1) is 23.1 Å². The van der Waals surface area contributed by atoms with Gasteiger partial charge in [0.2, 0.25) is 0 Å². The number of allylic oxidation sites excluding steroid dienone is 2. The van der Waals surface area contributed by atoms with E-state index in [-0.39, 0.29) is 6.04 Å². The third-order valence-electron chi connectivity index (χ3n) is 5.54. The van der Waals surface area contributed by atoms with Gasteiger partial charge in [-0.3, -0.25) is 5.01 Å². The Morgan fingerprint density at radius 3 is 2.82 bits per heavy atom. The van der Waals surface area contributed by atoms with Crippen LogP contribution in [0.5, 0.6) is 0 Å². The second kappa shape index (κ2) is 6.88. The number of nitrogens with zero attached hydrogens (tertiary/aromatic N) is 4. The van der Waals surface area contributed by atoms with Crippen molar-refractivity contribution in [1.82, 2.24) is 10.0 Å². The zero-order valence-electron chi connectivity index (χ0n) is 16.1.